The molecular formula is C79H47N3O4. The minimum atomic E-state index is -0.984. The molecule has 0 unspecified atom stereocenters. The van der Waals surface area contributed by atoms with Crippen molar-refractivity contribution in [2.24, 2.45) is 0 Å². The third kappa shape index (κ3) is 6.40. The molecule has 0 saturated heterocycles. The van der Waals surface area contributed by atoms with Gasteiger partial charge in [-0.25, -0.2) is 0 Å². The average molecular weight is 1100 g/mol. The number of furan rings is 4. The summed E-state index contributed by atoms with van der Waals surface area (Å²) in [5.41, 5.74) is 21.0. The van der Waals surface area contributed by atoms with Crippen LogP contribution in [0.1, 0.15) is 22.3 Å². The smallest absolute Gasteiger partial charge is 0.160 e. The largest absolute Gasteiger partial charge is 0.456 e. The zero-order valence-electron chi connectivity index (χ0n) is 46.1. The van der Waals surface area contributed by atoms with Crippen molar-refractivity contribution in [3.05, 3.63) is 307 Å². The summed E-state index contributed by atoms with van der Waals surface area (Å²) < 4.78 is 28.4. The van der Waals surface area contributed by atoms with Gasteiger partial charge >= 0.3 is 0 Å². The van der Waals surface area contributed by atoms with Gasteiger partial charge in [0.25, 0.3) is 0 Å². The summed E-state index contributed by atoms with van der Waals surface area (Å²) >= 11 is 0. The fourth-order valence-corrected chi connectivity index (χ4v) is 14.8. The molecule has 0 N–H and O–H groups in total. The van der Waals surface area contributed by atoms with Crippen LogP contribution >= 0.6 is 0 Å². The maximum absolute atomic E-state index is 7.47. The van der Waals surface area contributed by atoms with E-state index in [1.54, 1.807) is 0 Å². The summed E-state index contributed by atoms with van der Waals surface area (Å²) in [6.45, 7) is 0. The van der Waals surface area contributed by atoms with Gasteiger partial charge in [-0.2, -0.15) is 0 Å². The van der Waals surface area contributed by atoms with Crippen molar-refractivity contribution in [1.29, 1.82) is 0 Å². The van der Waals surface area contributed by atoms with Gasteiger partial charge in [0, 0.05) is 72.3 Å². The Labute approximate surface area is 492 Å². The Balaban J connectivity index is 1.00. The Bertz CT molecular complexity index is 5310. The molecule has 7 heteroatoms. The summed E-state index contributed by atoms with van der Waals surface area (Å²) in [4.78, 5) is 7.18. The molecule has 0 radical (unpaired) electrons. The van der Waals surface area contributed by atoms with Gasteiger partial charge in [0.15, 0.2) is 11.2 Å². The van der Waals surface area contributed by atoms with Gasteiger partial charge in [-0.15, -0.1) is 0 Å². The molecule has 2 aliphatic rings. The van der Waals surface area contributed by atoms with Crippen molar-refractivity contribution in [3.63, 3.8) is 0 Å². The molecule has 17 aromatic rings. The SMILES string of the molecule is c1ccc(N2c3ccccc3C3(c4ccccc42)c2cc(N(c4ccccc4)c4ccc5c(c4)oc4ccccc45)c4oc5ccccc5c4c2-c2c3cc(N(c3ccccc3)c3ccc4c(c3)oc3ccccc34)c3oc4ccccc4c23)cc1. The lowest BCUT2D eigenvalue weighted by Gasteiger charge is -2.45. The second-order valence-corrected chi connectivity index (χ2v) is 22.6. The number of hydrogen-bond acceptors (Lipinski definition) is 7. The second kappa shape index (κ2) is 17.7. The van der Waals surface area contributed by atoms with Crippen LogP contribution in [0.25, 0.3) is 98.9 Å². The molecule has 13 aromatic carbocycles. The predicted molar refractivity (Wildman–Crippen MR) is 350 cm³/mol. The number of rotatable bonds is 7. The van der Waals surface area contributed by atoms with E-state index in [0.717, 1.165) is 172 Å². The van der Waals surface area contributed by atoms with Crippen molar-refractivity contribution >= 4 is 139 Å². The van der Waals surface area contributed by atoms with Gasteiger partial charge < -0.3 is 32.4 Å². The van der Waals surface area contributed by atoms with Gasteiger partial charge in [-0.3, -0.25) is 0 Å². The molecule has 86 heavy (non-hydrogen) atoms. The molecule has 7 nitrogen and oxygen atoms in total. The van der Waals surface area contributed by atoms with Crippen molar-refractivity contribution in [3.8, 4) is 11.1 Å². The summed E-state index contributed by atoms with van der Waals surface area (Å²) in [7, 11) is 0. The van der Waals surface area contributed by atoms with Crippen LogP contribution in [0.2, 0.25) is 0 Å². The maximum atomic E-state index is 7.47. The van der Waals surface area contributed by atoms with Crippen LogP contribution in [0.15, 0.2) is 303 Å². The average Bonchev–Trinajstić information content (AvgIpc) is 1.47. The lowest BCUT2D eigenvalue weighted by molar-refractivity contribution is 0.667. The molecule has 0 saturated carbocycles. The van der Waals surface area contributed by atoms with Crippen molar-refractivity contribution in [2.75, 3.05) is 14.7 Å². The lowest BCUT2D eigenvalue weighted by atomic mass is 9.64. The first-order valence-corrected chi connectivity index (χ1v) is 29.2. The zero-order valence-corrected chi connectivity index (χ0v) is 46.1. The highest BCUT2D eigenvalue weighted by Gasteiger charge is 2.54. The number of anilines is 9. The third-order valence-electron chi connectivity index (χ3n) is 18.2. The third-order valence-corrected chi connectivity index (χ3v) is 18.2. The van der Waals surface area contributed by atoms with E-state index < -0.39 is 5.41 Å². The first-order valence-electron chi connectivity index (χ1n) is 29.2. The molecule has 1 aliphatic heterocycles. The van der Waals surface area contributed by atoms with E-state index in [4.69, 9.17) is 17.7 Å². The summed E-state index contributed by atoms with van der Waals surface area (Å²) in [6, 6.07) is 102. The highest BCUT2D eigenvalue weighted by molar-refractivity contribution is 6.27. The van der Waals surface area contributed by atoms with Crippen LogP contribution in [-0.4, -0.2) is 0 Å². The summed E-state index contributed by atoms with van der Waals surface area (Å²) in [5.74, 6) is 0. The Kier molecular flexibility index (Phi) is 9.69. The highest BCUT2D eigenvalue weighted by atomic mass is 16.3. The molecule has 4 aromatic heterocycles. The van der Waals surface area contributed by atoms with Crippen LogP contribution in [0.4, 0.5) is 51.2 Å². The molecule has 0 bridgehead atoms. The molecule has 0 amide bonds. The monoisotopic (exact) mass is 1100 g/mol. The Morgan fingerprint density at radius 1 is 0.267 bits per heavy atom. The van der Waals surface area contributed by atoms with Crippen LogP contribution in [0.5, 0.6) is 0 Å². The van der Waals surface area contributed by atoms with E-state index in [1.807, 2.05) is 24.3 Å². The Morgan fingerprint density at radius 3 is 1.08 bits per heavy atom. The topological polar surface area (TPSA) is 62.3 Å². The molecule has 5 heterocycles. The number of fused-ring (bicyclic) bond motifs is 23. The van der Waals surface area contributed by atoms with Crippen molar-refractivity contribution < 1.29 is 17.7 Å². The van der Waals surface area contributed by atoms with Gasteiger partial charge in [-0.1, -0.05) is 164 Å². The highest BCUT2D eigenvalue weighted by Crippen LogP contribution is 2.68. The van der Waals surface area contributed by atoms with Gasteiger partial charge in [0.05, 0.1) is 39.5 Å². The van der Waals surface area contributed by atoms with Crippen molar-refractivity contribution in [1.82, 2.24) is 0 Å². The standard InChI is InChI=1S/C79H47N3O4/c1-4-22-48(23-5-1)80(51-40-42-55-53-28-10-18-36-67(53)83-71(55)44-51)65-46-61-75(73-57-30-12-20-38-69(57)85-77(65)73)76-62(79(61)59-32-14-16-34-63(59)82(50-26-8-3-9-27-50)64-35-17-15-33-60(64)79)47-66(78-74(76)58-31-13-21-39-70(58)86-78)81(49-24-6-2-7-25-49)52-41-43-56-54-29-11-19-37-68(54)84-72(56)45-52/h1-47H. The second-order valence-electron chi connectivity index (χ2n) is 22.6. The number of para-hydroxylation sites is 9. The predicted octanol–water partition coefficient (Wildman–Crippen LogP) is 22.4. The summed E-state index contributed by atoms with van der Waals surface area (Å²) in [6.07, 6.45) is 0. The Hall–Kier alpha value is -11.5. The molecule has 1 spiro atoms. The maximum Gasteiger partial charge on any atom is 0.160 e. The Morgan fingerprint density at radius 2 is 0.628 bits per heavy atom. The van der Waals surface area contributed by atoms with Gasteiger partial charge in [0.1, 0.15) is 33.5 Å². The minimum absolute atomic E-state index is 0.764. The molecule has 1 aliphatic carbocycles. The van der Waals surface area contributed by atoms with E-state index in [2.05, 4.69) is 276 Å². The van der Waals surface area contributed by atoms with Crippen molar-refractivity contribution in [2.45, 2.75) is 5.41 Å². The lowest BCUT2D eigenvalue weighted by Crippen LogP contribution is -2.36. The van der Waals surface area contributed by atoms with Crippen LogP contribution in [0, 0.1) is 0 Å². The van der Waals surface area contributed by atoms with Crippen LogP contribution < -0.4 is 14.7 Å². The number of nitrogens with zero attached hydrogens (tertiary/aromatic N) is 3. The molecule has 19 rings (SSSR count). The fourth-order valence-electron chi connectivity index (χ4n) is 14.8. The molecular weight excluding hydrogens is 1050 g/mol. The van der Waals surface area contributed by atoms with E-state index in [1.165, 1.54) is 0 Å². The van der Waals surface area contributed by atoms with Crippen LogP contribution in [0.3, 0.4) is 0 Å². The fraction of sp³-hybridized carbons (Fsp3) is 0.0127. The zero-order chi connectivity index (χ0) is 56.2. The van der Waals surface area contributed by atoms with Crippen LogP contribution in [-0.2, 0) is 5.41 Å². The van der Waals surface area contributed by atoms with Gasteiger partial charge in [0.2, 0.25) is 0 Å². The minimum Gasteiger partial charge on any atom is -0.456 e. The molecule has 0 atom stereocenters. The quantitative estimate of drug-likeness (QED) is 0.158. The van der Waals surface area contributed by atoms with E-state index >= 15 is 0 Å². The molecule has 0 fully saturated rings. The summed E-state index contributed by atoms with van der Waals surface area (Å²) in [5, 5.41) is 8.35. The van der Waals surface area contributed by atoms with E-state index in [9.17, 15) is 0 Å². The number of benzene rings is 13. The first kappa shape index (κ1) is 47.0. The van der Waals surface area contributed by atoms with E-state index in [0.29, 0.717) is 0 Å². The molecule has 402 valence electrons. The first-order chi connectivity index (χ1) is 42.7. The van der Waals surface area contributed by atoms with E-state index in [-0.39, 0.29) is 0 Å². The van der Waals surface area contributed by atoms with Gasteiger partial charge in [-0.05, 0) is 143 Å². The number of hydrogen-bond donors (Lipinski definition) is 0. The normalized spacial score (nSPS) is 13.2.